The van der Waals surface area contributed by atoms with Crippen LogP contribution in [-0.2, 0) is 6.42 Å². The summed E-state index contributed by atoms with van der Waals surface area (Å²) in [6, 6.07) is 19.4. The van der Waals surface area contributed by atoms with Crippen LogP contribution in [0.1, 0.15) is 21.0 Å². The third-order valence-electron chi connectivity index (χ3n) is 3.96. The number of halogens is 1. The molecule has 0 spiro atoms. The zero-order chi connectivity index (χ0) is 18.6. The van der Waals surface area contributed by atoms with Crippen LogP contribution < -0.4 is 5.32 Å². The number of benzene rings is 2. The number of nitrogens with zero attached hydrogens (tertiary/aromatic N) is 1. The maximum absolute atomic E-state index is 13.8. The van der Waals surface area contributed by atoms with Gasteiger partial charge in [-0.15, -0.1) is 11.3 Å². The summed E-state index contributed by atoms with van der Waals surface area (Å²) in [6.45, 7) is 0. The minimum absolute atomic E-state index is 0.105. The standard InChI is InChI=1S/C21H15FN2O2S/c22-17-9-5-4-8-16(17)18-10-11-19(26-18)20(25)24-21-23-13-15(27-21)12-14-6-2-1-3-7-14/h1-11,13H,12H2,(H,23,24,25). The van der Waals surface area contributed by atoms with Gasteiger partial charge < -0.3 is 4.42 Å². The normalized spacial score (nSPS) is 10.7. The Kier molecular flexibility index (Phi) is 4.80. The summed E-state index contributed by atoms with van der Waals surface area (Å²) in [7, 11) is 0. The third-order valence-corrected chi connectivity index (χ3v) is 4.88. The predicted molar refractivity (Wildman–Crippen MR) is 103 cm³/mol. The van der Waals surface area contributed by atoms with E-state index < -0.39 is 11.7 Å². The highest BCUT2D eigenvalue weighted by Crippen LogP contribution is 2.26. The maximum Gasteiger partial charge on any atom is 0.293 e. The lowest BCUT2D eigenvalue weighted by atomic mass is 10.1. The molecule has 0 bridgehead atoms. The van der Waals surface area contributed by atoms with Gasteiger partial charge in [-0.1, -0.05) is 42.5 Å². The molecule has 1 N–H and O–H groups in total. The second-order valence-corrected chi connectivity index (χ2v) is 7.01. The van der Waals surface area contributed by atoms with Gasteiger partial charge in [0.15, 0.2) is 10.9 Å². The molecule has 0 radical (unpaired) electrons. The fourth-order valence-corrected chi connectivity index (χ4v) is 3.51. The Balaban J connectivity index is 1.45. The Hall–Kier alpha value is -3.25. The third kappa shape index (κ3) is 3.96. The van der Waals surface area contributed by atoms with Gasteiger partial charge in [0, 0.05) is 17.5 Å². The van der Waals surface area contributed by atoms with Crippen molar-refractivity contribution in [2.24, 2.45) is 0 Å². The molecule has 0 atom stereocenters. The molecule has 4 rings (SSSR count). The van der Waals surface area contributed by atoms with Gasteiger partial charge in [0.25, 0.3) is 5.91 Å². The lowest BCUT2D eigenvalue weighted by Gasteiger charge is -2.00. The zero-order valence-corrected chi connectivity index (χ0v) is 15.0. The molecule has 2 aromatic heterocycles. The van der Waals surface area contributed by atoms with E-state index in [1.54, 1.807) is 30.5 Å². The number of carbonyl (C=O) groups is 1. The van der Waals surface area contributed by atoms with E-state index in [4.69, 9.17) is 4.42 Å². The van der Waals surface area contributed by atoms with Crippen LogP contribution in [-0.4, -0.2) is 10.9 Å². The van der Waals surface area contributed by atoms with Gasteiger partial charge in [-0.05, 0) is 29.8 Å². The number of nitrogens with one attached hydrogen (secondary N) is 1. The van der Waals surface area contributed by atoms with Gasteiger partial charge in [-0.2, -0.15) is 0 Å². The maximum atomic E-state index is 13.8. The number of amides is 1. The first-order valence-corrected chi connectivity index (χ1v) is 9.15. The number of hydrogen-bond donors (Lipinski definition) is 1. The highest BCUT2D eigenvalue weighted by molar-refractivity contribution is 7.15. The SMILES string of the molecule is O=C(Nc1ncc(Cc2ccccc2)s1)c1ccc(-c2ccccc2F)o1. The number of hydrogen-bond acceptors (Lipinski definition) is 4. The number of rotatable bonds is 5. The van der Waals surface area contributed by atoms with Crippen LogP contribution in [0.5, 0.6) is 0 Å². The van der Waals surface area contributed by atoms with Crippen LogP contribution in [0.25, 0.3) is 11.3 Å². The molecule has 0 unspecified atom stereocenters. The van der Waals surface area contributed by atoms with Gasteiger partial charge in [-0.3, -0.25) is 10.1 Å². The summed E-state index contributed by atoms with van der Waals surface area (Å²) in [6.07, 6.45) is 2.51. The van der Waals surface area contributed by atoms with E-state index >= 15 is 0 Å². The molecule has 0 fully saturated rings. The van der Waals surface area contributed by atoms with Crippen molar-refractivity contribution >= 4 is 22.4 Å². The molecule has 6 heteroatoms. The van der Waals surface area contributed by atoms with Crippen molar-refractivity contribution < 1.29 is 13.6 Å². The lowest BCUT2D eigenvalue weighted by molar-refractivity contribution is 0.0997. The van der Waals surface area contributed by atoms with E-state index in [1.807, 2.05) is 30.3 Å². The van der Waals surface area contributed by atoms with Crippen molar-refractivity contribution in [1.29, 1.82) is 0 Å². The Bertz CT molecular complexity index is 1070. The molecule has 2 aromatic carbocycles. The fourth-order valence-electron chi connectivity index (χ4n) is 2.67. The van der Waals surface area contributed by atoms with Crippen molar-refractivity contribution in [3.63, 3.8) is 0 Å². The first-order valence-electron chi connectivity index (χ1n) is 8.34. The molecular weight excluding hydrogens is 363 g/mol. The van der Waals surface area contributed by atoms with Gasteiger partial charge in [0.1, 0.15) is 11.6 Å². The summed E-state index contributed by atoms with van der Waals surface area (Å²) < 4.78 is 19.4. The monoisotopic (exact) mass is 378 g/mol. The topological polar surface area (TPSA) is 55.1 Å². The van der Waals surface area contributed by atoms with Crippen molar-refractivity contribution in [2.45, 2.75) is 6.42 Å². The highest BCUT2D eigenvalue weighted by atomic mass is 32.1. The summed E-state index contributed by atoms with van der Waals surface area (Å²) in [5, 5.41) is 3.22. The molecule has 4 nitrogen and oxygen atoms in total. The predicted octanol–water partition coefficient (Wildman–Crippen LogP) is 5.39. The average molecular weight is 378 g/mol. The molecule has 4 aromatic rings. The number of aromatic nitrogens is 1. The van der Waals surface area contributed by atoms with Crippen LogP contribution in [0, 0.1) is 5.82 Å². The van der Waals surface area contributed by atoms with Crippen molar-refractivity contribution in [1.82, 2.24) is 4.98 Å². The number of furan rings is 1. The molecular formula is C21H15FN2O2S. The minimum Gasteiger partial charge on any atom is -0.451 e. The zero-order valence-electron chi connectivity index (χ0n) is 14.2. The number of thiazole rings is 1. The largest absolute Gasteiger partial charge is 0.451 e. The Morgan fingerprint density at radius 2 is 1.81 bits per heavy atom. The van der Waals surface area contributed by atoms with Crippen LogP contribution in [0.4, 0.5) is 9.52 Å². The van der Waals surface area contributed by atoms with Crippen LogP contribution in [0.15, 0.2) is 77.3 Å². The molecule has 1 amide bonds. The minimum atomic E-state index is -0.418. The van der Waals surface area contributed by atoms with E-state index in [9.17, 15) is 9.18 Å². The molecule has 134 valence electrons. The summed E-state index contributed by atoms with van der Waals surface area (Å²) in [5.74, 6) is -0.405. The smallest absolute Gasteiger partial charge is 0.293 e. The van der Waals surface area contributed by atoms with E-state index in [1.165, 1.54) is 29.0 Å². The summed E-state index contributed by atoms with van der Waals surface area (Å²) in [4.78, 5) is 17.7. The quantitative estimate of drug-likeness (QED) is 0.507. The second kappa shape index (κ2) is 7.55. The average Bonchev–Trinajstić information content (AvgIpc) is 3.33. The van der Waals surface area contributed by atoms with Crippen LogP contribution >= 0.6 is 11.3 Å². The van der Waals surface area contributed by atoms with E-state index in [0.717, 1.165) is 11.3 Å². The molecule has 0 aliphatic carbocycles. The van der Waals surface area contributed by atoms with E-state index in [0.29, 0.717) is 16.5 Å². The first-order chi connectivity index (χ1) is 13.2. The molecule has 0 saturated heterocycles. The lowest BCUT2D eigenvalue weighted by Crippen LogP contribution is -2.10. The molecule has 2 heterocycles. The van der Waals surface area contributed by atoms with Gasteiger partial charge in [0.05, 0.1) is 5.56 Å². The Morgan fingerprint density at radius 3 is 2.63 bits per heavy atom. The molecule has 0 aliphatic heterocycles. The summed E-state index contributed by atoms with van der Waals surface area (Å²) in [5.41, 5.74) is 1.50. The van der Waals surface area contributed by atoms with E-state index in [2.05, 4.69) is 10.3 Å². The van der Waals surface area contributed by atoms with Crippen LogP contribution in [0.3, 0.4) is 0 Å². The van der Waals surface area contributed by atoms with Crippen molar-refractivity contribution in [3.8, 4) is 11.3 Å². The van der Waals surface area contributed by atoms with Gasteiger partial charge in [0.2, 0.25) is 0 Å². The first kappa shape index (κ1) is 17.2. The molecule has 0 saturated carbocycles. The van der Waals surface area contributed by atoms with Gasteiger partial charge in [-0.25, -0.2) is 9.37 Å². The Morgan fingerprint density at radius 1 is 1.04 bits per heavy atom. The Labute approximate surface area is 159 Å². The summed E-state index contributed by atoms with van der Waals surface area (Å²) >= 11 is 1.41. The van der Waals surface area contributed by atoms with Gasteiger partial charge >= 0.3 is 0 Å². The van der Waals surface area contributed by atoms with Crippen LogP contribution in [0.2, 0.25) is 0 Å². The van der Waals surface area contributed by atoms with Crippen molar-refractivity contribution in [3.05, 3.63) is 94.9 Å². The highest BCUT2D eigenvalue weighted by Gasteiger charge is 2.16. The van der Waals surface area contributed by atoms with E-state index in [-0.39, 0.29) is 5.76 Å². The molecule has 0 aliphatic rings. The number of carbonyl (C=O) groups excluding carboxylic acids is 1. The molecule has 27 heavy (non-hydrogen) atoms. The van der Waals surface area contributed by atoms with Crippen molar-refractivity contribution in [2.75, 3.05) is 5.32 Å². The second-order valence-electron chi connectivity index (χ2n) is 5.89. The fraction of sp³-hybridized carbons (Fsp3) is 0.0476. The number of anilines is 1.